The highest BCUT2D eigenvalue weighted by atomic mass is 19.1. The lowest BCUT2D eigenvalue weighted by molar-refractivity contribution is 0.623. The molecule has 0 aromatic heterocycles. The number of unbranched alkanes of at least 4 members (excludes halogenated alkanes) is 2. The molecule has 25 heavy (non-hydrogen) atoms. The van der Waals surface area contributed by atoms with Gasteiger partial charge in [-0.05, 0) is 41.5 Å². The molecule has 0 aliphatic carbocycles. The smallest absolute Gasteiger partial charge is 0.141 e. The zero-order valence-electron chi connectivity index (χ0n) is 14.2. The zero-order valence-corrected chi connectivity index (χ0v) is 14.2. The number of rotatable bonds is 5. The lowest BCUT2D eigenvalue weighted by Gasteiger charge is -2.09. The Kier molecular flexibility index (Phi) is 5.09. The number of hydrogen-bond donors (Lipinski definition) is 0. The first-order valence-corrected chi connectivity index (χ1v) is 8.55. The minimum absolute atomic E-state index is 0.0401. The molecule has 0 amide bonds. The molecule has 0 heterocycles. The molecule has 3 aromatic carbocycles. The van der Waals surface area contributed by atoms with E-state index in [9.17, 15) is 8.78 Å². The summed E-state index contributed by atoms with van der Waals surface area (Å²) in [5.74, 6) is -0.993. The third kappa shape index (κ3) is 3.53. The minimum atomic E-state index is -0.634. The molecule has 0 aliphatic rings. The van der Waals surface area contributed by atoms with Crippen LogP contribution in [0, 0.1) is 23.0 Å². The van der Waals surface area contributed by atoms with E-state index >= 15 is 0 Å². The molecule has 0 fully saturated rings. The van der Waals surface area contributed by atoms with E-state index in [1.54, 1.807) is 24.3 Å². The third-order valence-corrected chi connectivity index (χ3v) is 4.49. The molecule has 0 spiro atoms. The van der Waals surface area contributed by atoms with E-state index in [1.807, 2.05) is 18.2 Å². The fourth-order valence-corrected chi connectivity index (χ4v) is 3.07. The number of nitrogens with zero attached hydrogens (tertiary/aromatic N) is 1. The van der Waals surface area contributed by atoms with Crippen LogP contribution in [0.5, 0.6) is 0 Å². The molecule has 0 aliphatic heterocycles. The molecule has 1 nitrogen and oxygen atoms in total. The number of fused-ring (bicyclic) bond motifs is 1. The second kappa shape index (κ2) is 7.44. The van der Waals surface area contributed by atoms with Crippen molar-refractivity contribution in [3.63, 3.8) is 0 Å². The third-order valence-electron chi connectivity index (χ3n) is 4.49. The number of hydrogen-bond acceptors (Lipinski definition) is 1. The summed E-state index contributed by atoms with van der Waals surface area (Å²) in [4.78, 5) is 0. The Morgan fingerprint density at radius 2 is 1.80 bits per heavy atom. The Morgan fingerprint density at radius 1 is 0.960 bits per heavy atom. The first-order valence-electron chi connectivity index (χ1n) is 8.55. The van der Waals surface area contributed by atoms with E-state index in [4.69, 9.17) is 5.26 Å². The summed E-state index contributed by atoms with van der Waals surface area (Å²) in [6.45, 7) is 2.17. The van der Waals surface area contributed by atoms with Crippen LogP contribution in [-0.4, -0.2) is 0 Å². The maximum atomic E-state index is 14.9. The molecular formula is C22H19F2N. The zero-order chi connectivity index (χ0) is 17.8. The van der Waals surface area contributed by atoms with Crippen molar-refractivity contribution < 1.29 is 8.78 Å². The Labute approximate surface area is 146 Å². The Hall–Kier alpha value is -2.73. The largest absolute Gasteiger partial charge is 0.206 e. The normalized spacial score (nSPS) is 10.8. The highest BCUT2D eigenvalue weighted by Crippen LogP contribution is 2.30. The molecular weight excluding hydrogens is 316 g/mol. The molecule has 0 radical (unpaired) electrons. The van der Waals surface area contributed by atoms with Crippen LogP contribution in [0.3, 0.4) is 0 Å². The summed E-state index contributed by atoms with van der Waals surface area (Å²) in [7, 11) is 0. The number of aryl methyl sites for hydroxylation is 1. The molecule has 0 N–H and O–H groups in total. The number of halogens is 2. The molecule has 3 heteroatoms. The van der Waals surface area contributed by atoms with Crippen molar-refractivity contribution >= 4 is 10.8 Å². The van der Waals surface area contributed by atoms with Gasteiger partial charge < -0.3 is 0 Å². The second-order valence-corrected chi connectivity index (χ2v) is 6.25. The van der Waals surface area contributed by atoms with Crippen molar-refractivity contribution in [2.75, 3.05) is 0 Å². The topological polar surface area (TPSA) is 23.8 Å². The Morgan fingerprint density at radius 3 is 2.52 bits per heavy atom. The van der Waals surface area contributed by atoms with Gasteiger partial charge in [0, 0.05) is 10.9 Å². The SMILES string of the molecule is CCCCCc1ccc2c(F)c(-c3ccc(C#N)c(F)c3)ccc2c1. The summed E-state index contributed by atoms with van der Waals surface area (Å²) >= 11 is 0. The molecule has 0 atom stereocenters. The molecule has 0 saturated carbocycles. The highest BCUT2D eigenvalue weighted by Gasteiger charge is 2.12. The number of nitriles is 1. The highest BCUT2D eigenvalue weighted by molar-refractivity contribution is 5.88. The lowest BCUT2D eigenvalue weighted by Crippen LogP contribution is -1.91. The van der Waals surface area contributed by atoms with Gasteiger partial charge in [0.05, 0.1) is 5.56 Å². The molecule has 126 valence electrons. The summed E-state index contributed by atoms with van der Waals surface area (Å²) in [5.41, 5.74) is 1.94. The molecule has 3 aromatic rings. The predicted molar refractivity (Wildman–Crippen MR) is 97.2 cm³/mol. The van der Waals surface area contributed by atoms with Crippen molar-refractivity contribution in [2.45, 2.75) is 32.6 Å². The van der Waals surface area contributed by atoms with E-state index in [0.717, 1.165) is 18.2 Å². The number of benzene rings is 3. The van der Waals surface area contributed by atoms with Gasteiger partial charge in [0.2, 0.25) is 0 Å². The molecule has 0 bridgehead atoms. The van der Waals surface area contributed by atoms with Gasteiger partial charge in [-0.1, -0.05) is 56.2 Å². The van der Waals surface area contributed by atoms with Crippen LogP contribution in [-0.2, 0) is 6.42 Å². The van der Waals surface area contributed by atoms with Crippen molar-refractivity contribution in [1.82, 2.24) is 0 Å². The van der Waals surface area contributed by atoms with E-state index in [1.165, 1.54) is 30.5 Å². The van der Waals surface area contributed by atoms with Crippen LogP contribution in [0.4, 0.5) is 8.78 Å². The minimum Gasteiger partial charge on any atom is -0.206 e. The first kappa shape index (κ1) is 17.1. The van der Waals surface area contributed by atoms with Crippen LogP contribution in [0.1, 0.15) is 37.3 Å². The van der Waals surface area contributed by atoms with Crippen molar-refractivity contribution in [1.29, 1.82) is 5.26 Å². The van der Waals surface area contributed by atoms with Gasteiger partial charge in [-0.2, -0.15) is 5.26 Å². The maximum absolute atomic E-state index is 14.9. The van der Waals surface area contributed by atoms with Gasteiger partial charge in [0.15, 0.2) is 0 Å². The van der Waals surface area contributed by atoms with Gasteiger partial charge in [-0.25, -0.2) is 8.78 Å². The van der Waals surface area contributed by atoms with E-state index in [-0.39, 0.29) is 11.4 Å². The predicted octanol–water partition coefficient (Wildman–Crippen LogP) is 6.39. The molecule has 0 unspecified atom stereocenters. The van der Waals surface area contributed by atoms with Crippen molar-refractivity contribution in [3.8, 4) is 17.2 Å². The summed E-state index contributed by atoms with van der Waals surface area (Å²) in [5, 5.41) is 10.2. The molecule has 3 rings (SSSR count). The van der Waals surface area contributed by atoms with E-state index in [2.05, 4.69) is 6.92 Å². The molecule has 0 saturated heterocycles. The summed E-state index contributed by atoms with van der Waals surface area (Å²) < 4.78 is 28.8. The van der Waals surface area contributed by atoms with Crippen molar-refractivity contribution in [3.05, 3.63) is 71.3 Å². The Bertz CT molecular complexity index is 954. The second-order valence-electron chi connectivity index (χ2n) is 6.25. The first-order chi connectivity index (χ1) is 12.1. The van der Waals surface area contributed by atoms with Crippen LogP contribution >= 0.6 is 0 Å². The van der Waals surface area contributed by atoms with Crippen molar-refractivity contribution in [2.24, 2.45) is 0 Å². The lowest BCUT2D eigenvalue weighted by atomic mass is 9.97. The Balaban J connectivity index is 1.99. The van der Waals surface area contributed by atoms with Crippen LogP contribution in [0.2, 0.25) is 0 Å². The van der Waals surface area contributed by atoms with Gasteiger partial charge in [0.25, 0.3) is 0 Å². The van der Waals surface area contributed by atoms with Crippen LogP contribution in [0.15, 0.2) is 48.5 Å². The monoisotopic (exact) mass is 335 g/mol. The maximum Gasteiger partial charge on any atom is 0.141 e. The quantitative estimate of drug-likeness (QED) is 0.496. The fraction of sp³-hybridized carbons (Fsp3) is 0.227. The van der Waals surface area contributed by atoms with Gasteiger partial charge >= 0.3 is 0 Å². The van der Waals surface area contributed by atoms with E-state index in [0.29, 0.717) is 16.5 Å². The van der Waals surface area contributed by atoms with Gasteiger partial charge in [-0.15, -0.1) is 0 Å². The average Bonchev–Trinajstić information content (AvgIpc) is 2.62. The van der Waals surface area contributed by atoms with E-state index < -0.39 is 5.82 Å². The summed E-state index contributed by atoms with van der Waals surface area (Å²) in [6, 6.07) is 15.3. The van der Waals surface area contributed by atoms with Gasteiger partial charge in [-0.3, -0.25) is 0 Å². The van der Waals surface area contributed by atoms with Crippen LogP contribution < -0.4 is 0 Å². The van der Waals surface area contributed by atoms with Gasteiger partial charge in [0.1, 0.15) is 17.7 Å². The standard InChI is InChI=1S/C22H19F2N/c1-2-3-4-5-15-6-10-19-16(12-15)9-11-20(22(19)24)17-7-8-18(14-25)21(23)13-17/h6-13H,2-5H2,1H3. The fourth-order valence-electron chi connectivity index (χ4n) is 3.07. The van der Waals surface area contributed by atoms with Crippen LogP contribution in [0.25, 0.3) is 21.9 Å². The average molecular weight is 335 g/mol. The summed E-state index contributed by atoms with van der Waals surface area (Å²) in [6.07, 6.45) is 4.49.